The Balaban J connectivity index is 2.25. The fourth-order valence-corrected chi connectivity index (χ4v) is 2.23. The molecule has 0 saturated carbocycles. The molecular weight excluding hydrogens is 323 g/mol. The van der Waals surface area contributed by atoms with Crippen LogP contribution in [0, 0.1) is 3.57 Å². The van der Waals surface area contributed by atoms with Gasteiger partial charge in [0.25, 0.3) is 0 Å². The van der Waals surface area contributed by atoms with Gasteiger partial charge in [-0.15, -0.1) is 0 Å². The number of rotatable bonds is 2. The van der Waals surface area contributed by atoms with E-state index < -0.39 is 0 Å². The minimum Gasteiger partial charge on any atom is -0.507 e. The maximum absolute atomic E-state index is 11.2. The van der Waals surface area contributed by atoms with Gasteiger partial charge in [0, 0.05) is 17.5 Å². The lowest BCUT2D eigenvalue weighted by Crippen LogP contribution is -2.09. The summed E-state index contributed by atoms with van der Waals surface area (Å²) in [5, 5.41) is 9.52. The Kier molecular flexibility index (Phi) is 3.22. The largest absolute Gasteiger partial charge is 0.507 e. The molecule has 0 spiro atoms. The first-order valence-electron chi connectivity index (χ1n) is 4.84. The number of aromatic hydroxyl groups is 1. The van der Waals surface area contributed by atoms with Crippen molar-refractivity contribution in [1.29, 1.82) is 0 Å². The van der Waals surface area contributed by atoms with E-state index in [1.165, 1.54) is 7.11 Å². The smallest absolute Gasteiger partial charge is 0.306 e. The van der Waals surface area contributed by atoms with E-state index in [0.29, 0.717) is 18.8 Å². The molecule has 1 unspecified atom stereocenters. The van der Waals surface area contributed by atoms with Gasteiger partial charge in [0.15, 0.2) is 0 Å². The normalized spacial score (nSPS) is 17.8. The Labute approximate surface area is 107 Å². The highest BCUT2D eigenvalue weighted by atomic mass is 127. The number of esters is 1. The Bertz CT molecular complexity index is 430. The Morgan fingerprint density at radius 1 is 1.69 bits per heavy atom. The summed E-state index contributed by atoms with van der Waals surface area (Å²) in [5.74, 6) is 0.644. The Morgan fingerprint density at radius 2 is 2.44 bits per heavy atom. The monoisotopic (exact) mass is 334 g/mol. The van der Waals surface area contributed by atoms with E-state index in [2.05, 4.69) is 4.74 Å². The van der Waals surface area contributed by atoms with E-state index in [1.807, 2.05) is 28.7 Å². The van der Waals surface area contributed by atoms with Crippen LogP contribution in [-0.2, 0) is 9.53 Å². The third-order valence-electron chi connectivity index (χ3n) is 2.60. The molecule has 0 saturated heterocycles. The molecule has 0 bridgehead atoms. The highest BCUT2D eigenvalue weighted by Gasteiger charge is 2.27. The average Bonchev–Trinajstić information content (AvgIpc) is 2.62. The molecule has 86 valence electrons. The van der Waals surface area contributed by atoms with Crippen LogP contribution in [0.5, 0.6) is 11.5 Å². The summed E-state index contributed by atoms with van der Waals surface area (Å²) in [7, 11) is 1.37. The van der Waals surface area contributed by atoms with Crippen LogP contribution in [-0.4, -0.2) is 24.8 Å². The number of carbonyl (C=O) groups is 1. The number of carbonyl (C=O) groups excluding carboxylic acids is 1. The molecular formula is C11H11IO4. The number of hydrogen-bond acceptors (Lipinski definition) is 4. The summed E-state index contributed by atoms with van der Waals surface area (Å²) in [4.78, 5) is 11.2. The lowest BCUT2D eigenvalue weighted by Gasteiger charge is -2.07. The first-order valence-corrected chi connectivity index (χ1v) is 5.91. The molecule has 1 aliphatic heterocycles. The van der Waals surface area contributed by atoms with Crippen molar-refractivity contribution >= 4 is 28.6 Å². The van der Waals surface area contributed by atoms with E-state index in [0.717, 1.165) is 9.13 Å². The number of halogens is 1. The SMILES string of the molecule is COC(=O)CC1COc2cc(O)c(I)cc21. The molecule has 1 heterocycles. The summed E-state index contributed by atoms with van der Waals surface area (Å²) in [6, 6.07) is 3.44. The summed E-state index contributed by atoms with van der Waals surface area (Å²) in [6.07, 6.45) is 0.310. The first kappa shape index (κ1) is 11.5. The van der Waals surface area contributed by atoms with E-state index >= 15 is 0 Å². The number of hydrogen-bond donors (Lipinski definition) is 1. The molecule has 1 aromatic carbocycles. The van der Waals surface area contributed by atoms with E-state index in [9.17, 15) is 9.90 Å². The number of benzene rings is 1. The minimum absolute atomic E-state index is 0.0246. The number of phenols is 1. The summed E-state index contributed by atoms with van der Waals surface area (Å²) < 4.78 is 10.8. The maximum atomic E-state index is 11.2. The zero-order valence-corrected chi connectivity index (χ0v) is 10.9. The van der Waals surface area contributed by atoms with Gasteiger partial charge in [-0.05, 0) is 28.7 Å². The predicted octanol–water partition coefficient (Wildman–Crippen LogP) is 2.04. The second-order valence-corrected chi connectivity index (χ2v) is 4.79. The van der Waals surface area contributed by atoms with Crippen LogP contribution in [0.3, 0.4) is 0 Å². The average molecular weight is 334 g/mol. The Hall–Kier alpha value is -0.980. The van der Waals surface area contributed by atoms with Gasteiger partial charge in [-0.1, -0.05) is 0 Å². The zero-order chi connectivity index (χ0) is 11.7. The third-order valence-corrected chi connectivity index (χ3v) is 3.46. The van der Waals surface area contributed by atoms with Gasteiger partial charge in [0.05, 0.1) is 23.7 Å². The highest BCUT2D eigenvalue weighted by molar-refractivity contribution is 14.1. The second kappa shape index (κ2) is 4.48. The summed E-state index contributed by atoms with van der Waals surface area (Å²) in [5.41, 5.74) is 0.965. The Morgan fingerprint density at radius 3 is 3.12 bits per heavy atom. The summed E-state index contributed by atoms with van der Waals surface area (Å²) in [6.45, 7) is 0.462. The van der Waals surface area contributed by atoms with Crippen molar-refractivity contribution < 1.29 is 19.4 Å². The van der Waals surface area contributed by atoms with Crippen molar-refractivity contribution in [2.45, 2.75) is 12.3 Å². The van der Waals surface area contributed by atoms with Crippen molar-refractivity contribution in [2.24, 2.45) is 0 Å². The van der Waals surface area contributed by atoms with Gasteiger partial charge < -0.3 is 14.6 Å². The molecule has 16 heavy (non-hydrogen) atoms. The fourth-order valence-electron chi connectivity index (χ4n) is 1.74. The molecule has 0 fully saturated rings. The maximum Gasteiger partial charge on any atom is 0.306 e. The lowest BCUT2D eigenvalue weighted by molar-refractivity contribution is -0.141. The molecule has 1 aromatic rings. The van der Waals surface area contributed by atoms with Crippen molar-refractivity contribution in [2.75, 3.05) is 13.7 Å². The van der Waals surface area contributed by atoms with Crippen molar-refractivity contribution in [3.8, 4) is 11.5 Å². The fraction of sp³-hybridized carbons (Fsp3) is 0.364. The molecule has 0 aromatic heterocycles. The van der Waals surface area contributed by atoms with E-state index in [4.69, 9.17) is 4.74 Å². The van der Waals surface area contributed by atoms with Gasteiger partial charge in [-0.25, -0.2) is 0 Å². The van der Waals surface area contributed by atoms with Crippen LogP contribution in [0.4, 0.5) is 0 Å². The molecule has 1 aliphatic rings. The van der Waals surface area contributed by atoms with Crippen LogP contribution in [0.2, 0.25) is 0 Å². The highest BCUT2D eigenvalue weighted by Crippen LogP contribution is 2.40. The number of fused-ring (bicyclic) bond motifs is 1. The first-order chi connectivity index (χ1) is 7.61. The molecule has 2 rings (SSSR count). The minimum atomic E-state index is -0.246. The molecule has 1 N–H and O–H groups in total. The van der Waals surface area contributed by atoms with Crippen molar-refractivity contribution in [3.05, 3.63) is 21.3 Å². The number of phenolic OH excluding ortho intramolecular Hbond substituents is 1. The van der Waals surface area contributed by atoms with E-state index in [1.54, 1.807) is 6.07 Å². The molecule has 0 amide bonds. The second-order valence-electron chi connectivity index (χ2n) is 3.63. The summed E-state index contributed by atoms with van der Waals surface area (Å²) >= 11 is 2.05. The molecule has 5 heteroatoms. The van der Waals surface area contributed by atoms with Gasteiger partial charge in [0.1, 0.15) is 11.5 Å². The van der Waals surface area contributed by atoms with Gasteiger partial charge in [-0.3, -0.25) is 4.79 Å². The third kappa shape index (κ3) is 2.09. The molecule has 0 radical (unpaired) electrons. The predicted molar refractivity (Wildman–Crippen MR) is 65.7 cm³/mol. The molecule has 0 aliphatic carbocycles. The van der Waals surface area contributed by atoms with Crippen LogP contribution in [0.15, 0.2) is 12.1 Å². The van der Waals surface area contributed by atoms with Gasteiger partial charge in [0.2, 0.25) is 0 Å². The van der Waals surface area contributed by atoms with E-state index in [-0.39, 0.29) is 17.6 Å². The zero-order valence-electron chi connectivity index (χ0n) is 8.70. The number of methoxy groups -OCH3 is 1. The van der Waals surface area contributed by atoms with Gasteiger partial charge in [-0.2, -0.15) is 0 Å². The van der Waals surface area contributed by atoms with Crippen LogP contribution in [0.1, 0.15) is 17.9 Å². The van der Waals surface area contributed by atoms with Gasteiger partial charge >= 0.3 is 5.97 Å². The van der Waals surface area contributed by atoms with Crippen molar-refractivity contribution in [1.82, 2.24) is 0 Å². The quantitative estimate of drug-likeness (QED) is 0.664. The molecule has 1 atom stereocenters. The van der Waals surface area contributed by atoms with Crippen LogP contribution >= 0.6 is 22.6 Å². The van der Waals surface area contributed by atoms with Crippen LogP contribution in [0.25, 0.3) is 0 Å². The van der Waals surface area contributed by atoms with Crippen LogP contribution < -0.4 is 4.74 Å². The molecule has 4 nitrogen and oxygen atoms in total. The number of ether oxygens (including phenoxy) is 2. The van der Waals surface area contributed by atoms with Crippen molar-refractivity contribution in [3.63, 3.8) is 0 Å². The standard InChI is InChI=1S/C11H11IO4/c1-15-11(14)2-6-5-16-10-4-9(13)8(12)3-7(6)10/h3-4,6,13H,2,5H2,1H3. The topological polar surface area (TPSA) is 55.8 Å². The lowest BCUT2D eigenvalue weighted by atomic mass is 9.98.